The maximum absolute atomic E-state index is 12.8. The fraction of sp³-hybridized carbons (Fsp3) is 0.308. The highest BCUT2D eigenvalue weighted by molar-refractivity contribution is 6.15. The zero-order valence-corrected chi connectivity index (χ0v) is 20.1. The molecule has 1 fully saturated rings. The molecular weight excluding hydrogens is 478 g/mol. The average molecular weight is 508 g/mol. The summed E-state index contributed by atoms with van der Waals surface area (Å²) in [6.45, 7) is 1.54. The molecule has 4 rings (SSSR count). The smallest absolute Gasteiger partial charge is 0.334 e. The second-order valence-electron chi connectivity index (χ2n) is 8.60. The van der Waals surface area contributed by atoms with Gasteiger partial charge in [-0.3, -0.25) is 15.0 Å². The molecule has 11 heteroatoms. The van der Waals surface area contributed by atoms with Crippen LogP contribution in [0, 0.1) is 5.41 Å². The molecule has 1 unspecified atom stereocenters. The number of nitrogens with one attached hydrogen (secondary N) is 4. The largest absolute Gasteiger partial charge is 0.471 e. The van der Waals surface area contributed by atoms with E-state index in [0.29, 0.717) is 16.3 Å². The molecule has 1 aliphatic heterocycles. The van der Waals surface area contributed by atoms with E-state index in [-0.39, 0.29) is 36.0 Å². The Morgan fingerprint density at radius 1 is 1.11 bits per heavy atom. The van der Waals surface area contributed by atoms with Crippen LogP contribution in [0.1, 0.15) is 46.9 Å². The minimum Gasteiger partial charge on any atom is -0.471 e. The highest BCUT2D eigenvalue weighted by Gasteiger charge is 2.27. The number of amidine groups is 1. The number of piperidine rings is 1. The van der Waals surface area contributed by atoms with Crippen LogP contribution in [0.4, 0.5) is 0 Å². The number of carbonyl (C=O) groups is 3. The second-order valence-corrected chi connectivity index (χ2v) is 8.60. The number of ether oxygens (including phenoxy) is 1. The van der Waals surface area contributed by atoms with Crippen molar-refractivity contribution in [2.24, 2.45) is 5.73 Å². The van der Waals surface area contributed by atoms with Gasteiger partial charge in [-0.1, -0.05) is 36.4 Å². The molecule has 0 bridgehead atoms. The van der Waals surface area contributed by atoms with E-state index in [1.807, 2.05) is 6.07 Å². The maximum atomic E-state index is 12.8. The van der Waals surface area contributed by atoms with E-state index in [1.54, 1.807) is 36.4 Å². The van der Waals surface area contributed by atoms with Gasteiger partial charge in [-0.15, -0.1) is 0 Å². The lowest BCUT2D eigenvalue weighted by Gasteiger charge is -2.27. The van der Waals surface area contributed by atoms with E-state index in [4.69, 9.17) is 25.1 Å². The topological polar surface area (TPSA) is 169 Å². The van der Waals surface area contributed by atoms with Gasteiger partial charge in [0, 0.05) is 22.9 Å². The predicted molar refractivity (Wildman–Crippen MR) is 135 cm³/mol. The molecule has 3 aromatic rings. The minimum atomic E-state index is -0.933. The third kappa shape index (κ3) is 6.51. The molecule has 0 spiro atoms. The number of rotatable bonds is 9. The summed E-state index contributed by atoms with van der Waals surface area (Å²) in [7, 11) is 0. The Hall–Kier alpha value is -4.22. The van der Waals surface area contributed by atoms with Crippen LogP contribution in [0.5, 0.6) is 0 Å². The average Bonchev–Trinajstić information content (AvgIpc) is 3.40. The lowest BCUT2D eigenvalue weighted by molar-refractivity contribution is -0.165. The van der Waals surface area contributed by atoms with Gasteiger partial charge in [-0.05, 0) is 37.6 Å². The highest BCUT2D eigenvalue weighted by Crippen LogP contribution is 2.24. The minimum absolute atomic E-state index is 0.0627. The zero-order valence-electron chi connectivity index (χ0n) is 20.1. The number of nitrogen functional groups attached to an aromatic ring is 1. The van der Waals surface area contributed by atoms with E-state index in [1.165, 1.54) is 12.5 Å². The summed E-state index contributed by atoms with van der Waals surface area (Å²) in [5, 5.41) is 14.8. The number of amides is 2. The van der Waals surface area contributed by atoms with Gasteiger partial charge in [0.25, 0.3) is 11.8 Å². The third-order valence-electron chi connectivity index (χ3n) is 6.01. The van der Waals surface area contributed by atoms with Crippen LogP contribution in [0.25, 0.3) is 10.8 Å². The molecule has 1 aliphatic rings. The molecular formula is C26H29N5O6. The Bertz CT molecular complexity index is 1270. The first-order valence-corrected chi connectivity index (χ1v) is 12.0. The van der Waals surface area contributed by atoms with Gasteiger partial charge in [0.2, 0.25) is 0 Å². The van der Waals surface area contributed by atoms with Crippen molar-refractivity contribution in [3.8, 4) is 0 Å². The summed E-state index contributed by atoms with van der Waals surface area (Å²) in [5.74, 6) is -2.13. The van der Waals surface area contributed by atoms with E-state index < -0.39 is 23.9 Å². The van der Waals surface area contributed by atoms with Gasteiger partial charge in [0.15, 0.2) is 6.10 Å². The van der Waals surface area contributed by atoms with E-state index >= 15 is 0 Å². The van der Waals surface area contributed by atoms with Crippen molar-refractivity contribution >= 4 is 34.4 Å². The van der Waals surface area contributed by atoms with Crippen LogP contribution < -0.4 is 21.8 Å². The molecule has 37 heavy (non-hydrogen) atoms. The third-order valence-corrected chi connectivity index (χ3v) is 6.01. The molecule has 2 heterocycles. The van der Waals surface area contributed by atoms with Crippen LogP contribution in [0.3, 0.4) is 0 Å². The molecule has 0 radical (unpaired) electrons. The first-order chi connectivity index (χ1) is 17.9. The van der Waals surface area contributed by atoms with Crippen molar-refractivity contribution in [3.63, 3.8) is 0 Å². The van der Waals surface area contributed by atoms with Gasteiger partial charge < -0.3 is 30.4 Å². The summed E-state index contributed by atoms with van der Waals surface area (Å²) in [6.07, 6.45) is 3.19. The predicted octanol–water partition coefficient (Wildman–Crippen LogP) is 1.92. The maximum Gasteiger partial charge on any atom is 0.334 e. The fourth-order valence-electron chi connectivity index (χ4n) is 4.13. The van der Waals surface area contributed by atoms with E-state index in [9.17, 15) is 14.4 Å². The number of benzene rings is 2. The molecule has 1 saturated heterocycles. The first kappa shape index (κ1) is 25.9. The second kappa shape index (κ2) is 12.2. The quantitative estimate of drug-likeness (QED) is 0.166. The van der Waals surface area contributed by atoms with Crippen LogP contribution in [-0.2, 0) is 19.2 Å². The van der Waals surface area contributed by atoms with Crippen molar-refractivity contribution in [2.75, 3.05) is 19.6 Å². The first-order valence-electron chi connectivity index (χ1n) is 12.0. The number of hydrogen-bond acceptors (Lipinski definition) is 8. The Balaban J connectivity index is 1.31. The SMILES string of the molecule is N=C(N)c1ccc2cocc2c1C(=O)NCCC(=O)ONC(=O)C(OC1CCNCC1)c1ccccc1. The molecule has 0 saturated carbocycles. The van der Waals surface area contributed by atoms with Gasteiger partial charge in [-0.25, -0.2) is 4.79 Å². The number of nitrogens with two attached hydrogens (primary N) is 1. The number of carbonyl (C=O) groups excluding carboxylic acids is 3. The van der Waals surface area contributed by atoms with Crippen molar-refractivity contribution in [1.29, 1.82) is 5.41 Å². The number of fused-ring (bicyclic) bond motifs is 1. The number of furan rings is 1. The molecule has 11 nitrogen and oxygen atoms in total. The number of hydroxylamine groups is 1. The monoisotopic (exact) mass is 507 g/mol. The van der Waals surface area contributed by atoms with Crippen molar-refractivity contribution in [1.82, 2.24) is 16.1 Å². The normalized spacial score (nSPS) is 14.6. The zero-order chi connectivity index (χ0) is 26.2. The Morgan fingerprint density at radius 3 is 2.59 bits per heavy atom. The van der Waals surface area contributed by atoms with Crippen LogP contribution in [-0.4, -0.2) is 49.4 Å². The van der Waals surface area contributed by atoms with Gasteiger partial charge in [0.05, 0.1) is 30.6 Å². The van der Waals surface area contributed by atoms with E-state index in [0.717, 1.165) is 25.9 Å². The summed E-state index contributed by atoms with van der Waals surface area (Å²) in [4.78, 5) is 42.9. The van der Waals surface area contributed by atoms with Crippen LogP contribution >= 0.6 is 0 Å². The lowest BCUT2D eigenvalue weighted by atomic mass is 10.0. The summed E-state index contributed by atoms with van der Waals surface area (Å²) in [5.41, 5.74) is 8.90. The highest BCUT2D eigenvalue weighted by atomic mass is 16.7. The molecule has 0 aliphatic carbocycles. The fourth-order valence-corrected chi connectivity index (χ4v) is 4.13. The molecule has 1 aromatic heterocycles. The summed E-state index contributed by atoms with van der Waals surface area (Å²) >= 11 is 0. The Morgan fingerprint density at radius 2 is 1.86 bits per heavy atom. The molecule has 2 amide bonds. The molecule has 194 valence electrons. The Kier molecular flexibility index (Phi) is 8.49. The van der Waals surface area contributed by atoms with Crippen LogP contribution in [0.2, 0.25) is 0 Å². The standard InChI is InChI=1S/C26H29N5O6/c27-24(28)19-7-6-17-14-35-15-20(17)22(19)25(33)30-13-10-21(32)37-31-26(34)23(16-4-2-1-3-5-16)36-18-8-11-29-12-9-18/h1-7,14-15,18,23,29H,8-13H2,(H3,27,28)(H,30,33)(H,31,34). The van der Waals surface area contributed by atoms with Gasteiger partial charge in [0.1, 0.15) is 5.84 Å². The van der Waals surface area contributed by atoms with Gasteiger partial charge >= 0.3 is 5.97 Å². The summed E-state index contributed by atoms with van der Waals surface area (Å²) < 4.78 is 11.2. The van der Waals surface area contributed by atoms with E-state index in [2.05, 4.69) is 16.1 Å². The molecule has 1 atom stereocenters. The molecule has 2 aromatic carbocycles. The Labute approximate surface area is 213 Å². The molecule has 6 N–H and O–H groups in total. The van der Waals surface area contributed by atoms with Crippen molar-refractivity contribution in [2.45, 2.75) is 31.5 Å². The lowest BCUT2D eigenvalue weighted by Crippen LogP contribution is -2.38. The number of hydrogen-bond donors (Lipinski definition) is 5. The summed E-state index contributed by atoms with van der Waals surface area (Å²) in [6, 6.07) is 12.3. The van der Waals surface area contributed by atoms with Crippen LogP contribution in [0.15, 0.2) is 59.4 Å². The van der Waals surface area contributed by atoms with Crippen molar-refractivity contribution in [3.05, 3.63) is 71.7 Å². The van der Waals surface area contributed by atoms with Crippen molar-refractivity contribution < 1.29 is 28.4 Å². The van der Waals surface area contributed by atoms with Gasteiger partial charge in [-0.2, -0.15) is 5.48 Å².